The Morgan fingerprint density at radius 2 is 2.15 bits per heavy atom. The predicted octanol–water partition coefficient (Wildman–Crippen LogP) is 2.09. The summed E-state index contributed by atoms with van der Waals surface area (Å²) in [7, 11) is 0. The number of hydrogen-bond acceptors (Lipinski definition) is 4. The van der Waals surface area contributed by atoms with Gasteiger partial charge in [0.25, 0.3) is 0 Å². The van der Waals surface area contributed by atoms with Crippen molar-refractivity contribution in [2.45, 2.75) is 33.7 Å². The van der Waals surface area contributed by atoms with Crippen molar-refractivity contribution in [1.29, 1.82) is 0 Å². The van der Waals surface area contributed by atoms with Crippen LogP contribution < -0.4 is 5.32 Å². The second kappa shape index (κ2) is 5.40. The van der Waals surface area contributed by atoms with E-state index in [1.165, 1.54) is 0 Å². The number of aromatic amines is 1. The van der Waals surface area contributed by atoms with E-state index < -0.39 is 5.41 Å². The Morgan fingerprint density at radius 1 is 1.40 bits per heavy atom. The monoisotopic (exact) mass is 273 g/mol. The third-order valence-electron chi connectivity index (χ3n) is 2.86. The number of hydrogen-bond donors (Lipinski definition) is 2. The van der Waals surface area contributed by atoms with Gasteiger partial charge in [0.1, 0.15) is 5.82 Å². The van der Waals surface area contributed by atoms with Crippen molar-refractivity contribution in [2.24, 2.45) is 5.41 Å². The average Bonchev–Trinajstić information content (AvgIpc) is 2.88. The molecule has 6 heteroatoms. The van der Waals surface area contributed by atoms with Gasteiger partial charge in [-0.15, -0.1) is 0 Å². The molecule has 0 saturated heterocycles. The normalized spacial score (nSPS) is 13.0. The molecule has 0 aliphatic rings. The Kier molecular flexibility index (Phi) is 3.83. The highest BCUT2D eigenvalue weighted by molar-refractivity contribution is 5.81. The Bertz CT molecular complexity index is 585. The molecule has 0 aliphatic carbocycles. The first-order valence-electron chi connectivity index (χ1n) is 6.51. The number of pyridine rings is 1. The summed E-state index contributed by atoms with van der Waals surface area (Å²) in [4.78, 5) is 20.4. The number of carbonyl (C=O) groups excluding carboxylic acids is 1. The fourth-order valence-electron chi connectivity index (χ4n) is 1.57. The first-order valence-corrected chi connectivity index (χ1v) is 6.51. The minimum atomic E-state index is -0.430. The molecule has 106 valence electrons. The second-order valence-corrected chi connectivity index (χ2v) is 5.73. The van der Waals surface area contributed by atoms with E-state index in [4.69, 9.17) is 0 Å². The minimum Gasteiger partial charge on any atom is -0.346 e. The Hall–Kier alpha value is -2.24. The quantitative estimate of drug-likeness (QED) is 0.897. The second-order valence-electron chi connectivity index (χ2n) is 5.73. The first-order chi connectivity index (χ1) is 9.38. The van der Waals surface area contributed by atoms with Crippen molar-refractivity contribution >= 4 is 5.91 Å². The van der Waals surface area contributed by atoms with Crippen LogP contribution in [-0.4, -0.2) is 26.1 Å². The summed E-state index contributed by atoms with van der Waals surface area (Å²) in [5.41, 5.74) is 0.407. The van der Waals surface area contributed by atoms with Crippen molar-refractivity contribution in [3.8, 4) is 11.4 Å². The first kappa shape index (κ1) is 14.2. The van der Waals surface area contributed by atoms with E-state index in [2.05, 4.69) is 25.5 Å². The number of carbonyl (C=O) groups is 1. The lowest BCUT2D eigenvalue weighted by Crippen LogP contribution is -2.36. The van der Waals surface area contributed by atoms with Crippen LogP contribution >= 0.6 is 0 Å². The van der Waals surface area contributed by atoms with Gasteiger partial charge in [-0.1, -0.05) is 20.8 Å². The average molecular weight is 273 g/mol. The summed E-state index contributed by atoms with van der Waals surface area (Å²) in [6.07, 6.45) is 3.40. The number of amides is 1. The van der Waals surface area contributed by atoms with E-state index in [-0.39, 0.29) is 11.9 Å². The number of nitrogens with one attached hydrogen (secondary N) is 2. The van der Waals surface area contributed by atoms with E-state index in [0.717, 1.165) is 5.56 Å². The molecule has 1 unspecified atom stereocenters. The lowest BCUT2D eigenvalue weighted by molar-refractivity contribution is -0.129. The van der Waals surface area contributed by atoms with Crippen LogP contribution in [0.25, 0.3) is 11.4 Å². The summed E-state index contributed by atoms with van der Waals surface area (Å²) >= 11 is 0. The molecule has 2 aromatic rings. The van der Waals surface area contributed by atoms with E-state index in [9.17, 15) is 4.79 Å². The number of rotatable bonds is 3. The maximum absolute atomic E-state index is 11.9. The fraction of sp³-hybridized carbons (Fsp3) is 0.429. The standard InChI is InChI=1S/C14H19N5O/c1-9(16-13(20)14(2,3)4)11-17-12(19-18-11)10-6-5-7-15-8-10/h5-9H,1-4H3,(H,16,20)(H,17,18,19). The summed E-state index contributed by atoms with van der Waals surface area (Å²) in [6, 6.07) is 3.49. The summed E-state index contributed by atoms with van der Waals surface area (Å²) in [5, 5.41) is 9.92. The summed E-state index contributed by atoms with van der Waals surface area (Å²) < 4.78 is 0. The smallest absolute Gasteiger partial charge is 0.225 e. The molecule has 1 amide bonds. The molecule has 2 heterocycles. The van der Waals surface area contributed by atoms with Crippen LogP contribution in [-0.2, 0) is 4.79 Å². The van der Waals surface area contributed by atoms with Gasteiger partial charge in [0.15, 0.2) is 5.82 Å². The van der Waals surface area contributed by atoms with E-state index >= 15 is 0 Å². The molecule has 1 atom stereocenters. The molecule has 0 radical (unpaired) electrons. The van der Waals surface area contributed by atoms with Crippen LogP contribution in [0.5, 0.6) is 0 Å². The van der Waals surface area contributed by atoms with Crippen LogP contribution in [0, 0.1) is 5.41 Å². The van der Waals surface area contributed by atoms with Gasteiger partial charge in [-0.2, -0.15) is 5.10 Å². The number of H-pyrrole nitrogens is 1. The van der Waals surface area contributed by atoms with Gasteiger partial charge >= 0.3 is 0 Å². The third kappa shape index (κ3) is 3.20. The third-order valence-corrected chi connectivity index (χ3v) is 2.86. The largest absolute Gasteiger partial charge is 0.346 e. The van der Waals surface area contributed by atoms with Crippen LogP contribution in [0.3, 0.4) is 0 Å². The maximum Gasteiger partial charge on any atom is 0.225 e. The molecular weight excluding hydrogens is 254 g/mol. The Labute approximate surface area is 118 Å². The molecular formula is C14H19N5O. The maximum atomic E-state index is 11.9. The molecule has 2 N–H and O–H groups in total. The molecule has 0 fully saturated rings. The van der Waals surface area contributed by atoms with Gasteiger partial charge in [-0.05, 0) is 19.1 Å². The molecule has 0 saturated carbocycles. The zero-order chi connectivity index (χ0) is 14.8. The van der Waals surface area contributed by atoms with Crippen LogP contribution in [0.1, 0.15) is 39.6 Å². The van der Waals surface area contributed by atoms with Crippen molar-refractivity contribution in [3.63, 3.8) is 0 Å². The lowest BCUT2D eigenvalue weighted by Gasteiger charge is -2.20. The molecule has 6 nitrogen and oxygen atoms in total. The van der Waals surface area contributed by atoms with Gasteiger partial charge < -0.3 is 5.32 Å². The van der Waals surface area contributed by atoms with Crippen molar-refractivity contribution in [3.05, 3.63) is 30.4 Å². The van der Waals surface area contributed by atoms with Crippen molar-refractivity contribution in [2.75, 3.05) is 0 Å². The highest BCUT2D eigenvalue weighted by atomic mass is 16.2. The SMILES string of the molecule is CC(NC(=O)C(C)(C)C)c1nc(-c2cccnc2)n[nH]1. The van der Waals surface area contributed by atoms with Gasteiger partial charge in [0.05, 0.1) is 6.04 Å². The van der Waals surface area contributed by atoms with E-state index in [1.807, 2.05) is 39.8 Å². The molecule has 2 aromatic heterocycles. The van der Waals surface area contributed by atoms with Crippen molar-refractivity contribution < 1.29 is 4.79 Å². The number of nitrogens with zero attached hydrogens (tertiary/aromatic N) is 3. The lowest BCUT2D eigenvalue weighted by atomic mass is 9.95. The van der Waals surface area contributed by atoms with E-state index in [0.29, 0.717) is 11.6 Å². The highest BCUT2D eigenvalue weighted by Crippen LogP contribution is 2.18. The summed E-state index contributed by atoms with van der Waals surface area (Å²) in [6.45, 7) is 7.49. The zero-order valence-corrected chi connectivity index (χ0v) is 12.1. The van der Waals surface area contributed by atoms with Crippen LogP contribution in [0.2, 0.25) is 0 Å². The van der Waals surface area contributed by atoms with E-state index in [1.54, 1.807) is 12.4 Å². The topological polar surface area (TPSA) is 83.6 Å². The molecule has 0 bridgehead atoms. The predicted molar refractivity (Wildman–Crippen MR) is 75.6 cm³/mol. The Morgan fingerprint density at radius 3 is 2.75 bits per heavy atom. The van der Waals surface area contributed by atoms with Gasteiger partial charge in [0.2, 0.25) is 5.91 Å². The van der Waals surface area contributed by atoms with Gasteiger partial charge in [-0.25, -0.2) is 4.98 Å². The fourth-order valence-corrected chi connectivity index (χ4v) is 1.57. The molecule has 2 rings (SSSR count). The Balaban J connectivity index is 2.11. The minimum absolute atomic E-state index is 0.0238. The molecule has 0 aliphatic heterocycles. The van der Waals surface area contributed by atoms with Gasteiger partial charge in [0, 0.05) is 23.4 Å². The summed E-state index contributed by atoms with van der Waals surface area (Å²) in [5.74, 6) is 1.18. The zero-order valence-electron chi connectivity index (χ0n) is 12.1. The van der Waals surface area contributed by atoms with Crippen LogP contribution in [0.15, 0.2) is 24.5 Å². The van der Waals surface area contributed by atoms with Crippen molar-refractivity contribution in [1.82, 2.24) is 25.5 Å². The molecule has 20 heavy (non-hydrogen) atoms. The molecule has 0 aromatic carbocycles. The highest BCUT2D eigenvalue weighted by Gasteiger charge is 2.24. The molecule has 0 spiro atoms. The van der Waals surface area contributed by atoms with Crippen LogP contribution in [0.4, 0.5) is 0 Å². The number of aromatic nitrogens is 4. The van der Waals surface area contributed by atoms with Gasteiger partial charge in [-0.3, -0.25) is 14.9 Å².